The van der Waals surface area contributed by atoms with Crippen LogP contribution in [0, 0.1) is 15.9 Å². The lowest BCUT2D eigenvalue weighted by Crippen LogP contribution is -2.54. The van der Waals surface area contributed by atoms with Gasteiger partial charge in [-0.15, -0.1) is 0 Å². The molecule has 0 fully saturated rings. The number of benzene rings is 1. The first-order chi connectivity index (χ1) is 12.2. The summed E-state index contributed by atoms with van der Waals surface area (Å²) in [6, 6.07) is 7.37. The number of nitrogens with zero attached hydrogens (tertiary/aromatic N) is 3. The maximum atomic E-state index is 13.0. The van der Waals surface area contributed by atoms with Gasteiger partial charge in [0.25, 0.3) is 11.7 Å². The number of halogens is 1. The summed E-state index contributed by atoms with van der Waals surface area (Å²) in [5.74, 6) is -1.93. The molecule has 0 saturated heterocycles. The topological polar surface area (TPSA) is 103 Å². The molecule has 0 saturated carbocycles. The first-order valence-electron chi connectivity index (χ1n) is 7.64. The fraction of sp³-hybridized carbons (Fsp3) is 0.235. The number of pyridine rings is 1. The molecule has 0 aliphatic carbocycles. The second-order valence-corrected chi connectivity index (χ2v) is 6.18. The average Bonchev–Trinajstić information content (AvgIpc) is 2.58. The van der Waals surface area contributed by atoms with E-state index in [4.69, 9.17) is 4.74 Å². The molecule has 0 atom stereocenters. The first kappa shape index (κ1) is 17.5. The molecule has 1 aliphatic heterocycles. The SMILES string of the molecule is CC1(C)Oc2ccc([N+](=O)[O-])nc2N(CC(=O)c2ccc(F)cc2)C1=O. The molecule has 9 heteroatoms. The number of fused-ring (bicyclic) bond motifs is 1. The van der Waals surface area contributed by atoms with Crippen molar-refractivity contribution in [2.24, 2.45) is 0 Å². The van der Waals surface area contributed by atoms with Crippen molar-refractivity contribution in [2.45, 2.75) is 19.4 Å². The highest BCUT2D eigenvalue weighted by molar-refractivity contribution is 6.08. The van der Waals surface area contributed by atoms with Gasteiger partial charge < -0.3 is 14.9 Å². The zero-order valence-electron chi connectivity index (χ0n) is 13.9. The van der Waals surface area contributed by atoms with Crippen LogP contribution < -0.4 is 9.64 Å². The third-order valence-electron chi connectivity index (χ3n) is 3.86. The molecule has 3 rings (SSSR count). The van der Waals surface area contributed by atoms with E-state index in [-0.39, 0.29) is 17.1 Å². The van der Waals surface area contributed by atoms with Crippen molar-refractivity contribution in [2.75, 3.05) is 11.4 Å². The van der Waals surface area contributed by atoms with Gasteiger partial charge in [-0.3, -0.25) is 14.5 Å². The van der Waals surface area contributed by atoms with Crippen LogP contribution in [-0.4, -0.2) is 33.7 Å². The Morgan fingerprint density at radius 1 is 1.27 bits per heavy atom. The number of carbonyl (C=O) groups excluding carboxylic acids is 2. The van der Waals surface area contributed by atoms with Gasteiger partial charge in [0.15, 0.2) is 17.1 Å². The number of hydrogen-bond acceptors (Lipinski definition) is 6. The van der Waals surface area contributed by atoms with Crippen molar-refractivity contribution in [3.05, 3.63) is 57.9 Å². The molecule has 0 bridgehead atoms. The van der Waals surface area contributed by atoms with Crippen molar-refractivity contribution in [1.29, 1.82) is 0 Å². The van der Waals surface area contributed by atoms with Gasteiger partial charge in [-0.2, -0.15) is 0 Å². The molecular weight excluding hydrogens is 345 g/mol. The van der Waals surface area contributed by atoms with Gasteiger partial charge in [0.1, 0.15) is 5.82 Å². The molecule has 8 nitrogen and oxygen atoms in total. The third-order valence-corrected chi connectivity index (χ3v) is 3.86. The Balaban J connectivity index is 2.00. The Kier molecular flexibility index (Phi) is 4.15. The van der Waals surface area contributed by atoms with Crippen LogP contribution in [0.3, 0.4) is 0 Å². The lowest BCUT2D eigenvalue weighted by molar-refractivity contribution is -0.389. The molecule has 1 aromatic heterocycles. The maximum Gasteiger partial charge on any atom is 0.366 e. The van der Waals surface area contributed by atoms with Crippen LogP contribution in [0.4, 0.5) is 16.0 Å². The van der Waals surface area contributed by atoms with Gasteiger partial charge in [-0.1, -0.05) is 0 Å². The van der Waals surface area contributed by atoms with E-state index in [2.05, 4.69) is 4.98 Å². The zero-order valence-corrected chi connectivity index (χ0v) is 13.9. The summed E-state index contributed by atoms with van der Waals surface area (Å²) >= 11 is 0. The molecule has 2 heterocycles. The predicted octanol–water partition coefficient (Wildman–Crippen LogP) is 2.52. The van der Waals surface area contributed by atoms with Gasteiger partial charge in [0.05, 0.1) is 6.54 Å². The molecule has 2 aromatic rings. The fourth-order valence-electron chi connectivity index (χ4n) is 2.56. The normalized spacial score (nSPS) is 15.2. The molecule has 1 aromatic carbocycles. The summed E-state index contributed by atoms with van der Waals surface area (Å²) < 4.78 is 18.6. The van der Waals surface area contributed by atoms with Gasteiger partial charge in [0.2, 0.25) is 0 Å². The van der Waals surface area contributed by atoms with Crippen molar-refractivity contribution in [1.82, 2.24) is 4.98 Å². The summed E-state index contributed by atoms with van der Waals surface area (Å²) in [5, 5.41) is 11.0. The maximum absolute atomic E-state index is 13.0. The van der Waals surface area contributed by atoms with E-state index in [1.807, 2.05) is 0 Å². The van der Waals surface area contributed by atoms with Crippen molar-refractivity contribution in [3.8, 4) is 5.75 Å². The minimum Gasteiger partial charge on any atom is -0.472 e. The number of amides is 1. The van der Waals surface area contributed by atoms with Gasteiger partial charge in [-0.05, 0) is 54.1 Å². The summed E-state index contributed by atoms with van der Waals surface area (Å²) in [6.07, 6.45) is 0. The number of hydrogen-bond donors (Lipinski definition) is 0. The second kappa shape index (κ2) is 6.17. The van der Waals surface area contributed by atoms with Crippen molar-refractivity contribution in [3.63, 3.8) is 0 Å². The van der Waals surface area contributed by atoms with E-state index >= 15 is 0 Å². The monoisotopic (exact) mass is 359 g/mol. The lowest BCUT2D eigenvalue weighted by Gasteiger charge is -2.35. The summed E-state index contributed by atoms with van der Waals surface area (Å²) in [7, 11) is 0. The van der Waals surface area contributed by atoms with E-state index < -0.39 is 40.4 Å². The van der Waals surface area contributed by atoms with Crippen LogP contribution in [0.5, 0.6) is 5.75 Å². The van der Waals surface area contributed by atoms with Gasteiger partial charge >= 0.3 is 5.82 Å². The number of anilines is 1. The Hall–Kier alpha value is -3.36. The predicted molar refractivity (Wildman–Crippen MR) is 88.7 cm³/mol. The lowest BCUT2D eigenvalue weighted by atomic mass is 10.0. The number of carbonyl (C=O) groups is 2. The molecule has 0 radical (unpaired) electrons. The van der Waals surface area contributed by atoms with Crippen LogP contribution in [0.1, 0.15) is 24.2 Å². The van der Waals surface area contributed by atoms with Crippen molar-refractivity contribution >= 4 is 23.3 Å². The van der Waals surface area contributed by atoms with Crippen LogP contribution in [-0.2, 0) is 4.79 Å². The van der Waals surface area contributed by atoms with E-state index in [1.54, 1.807) is 0 Å². The average molecular weight is 359 g/mol. The third kappa shape index (κ3) is 3.10. The van der Waals surface area contributed by atoms with Crippen LogP contribution in [0.2, 0.25) is 0 Å². The van der Waals surface area contributed by atoms with E-state index in [0.717, 1.165) is 23.1 Å². The Labute approximate surface area is 147 Å². The number of rotatable bonds is 4. The largest absolute Gasteiger partial charge is 0.472 e. The molecule has 1 amide bonds. The van der Waals surface area contributed by atoms with E-state index in [9.17, 15) is 24.1 Å². The molecule has 134 valence electrons. The standard InChI is InChI=1S/C17H14FN3O5/c1-17(2)16(23)20(9-12(22)10-3-5-11(18)6-4-10)15-13(26-17)7-8-14(19-15)21(24)25/h3-8H,9H2,1-2H3. The number of nitro groups is 1. The quantitative estimate of drug-likeness (QED) is 0.472. The minimum atomic E-state index is -1.27. The first-order valence-corrected chi connectivity index (χ1v) is 7.64. The van der Waals surface area contributed by atoms with Gasteiger partial charge in [0, 0.05) is 11.6 Å². The van der Waals surface area contributed by atoms with Crippen molar-refractivity contribution < 1.29 is 23.6 Å². The van der Waals surface area contributed by atoms with E-state index in [1.165, 1.54) is 32.0 Å². The number of ketones is 1. The van der Waals surface area contributed by atoms with Crippen LogP contribution >= 0.6 is 0 Å². The Morgan fingerprint density at radius 3 is 2.54 bits per heavy atom. The second-order valence-electron chi connectivity index (χ2n) is 6.18. The van der Waals surface area contributed by atoms with Crippen LogP contribution in [0.25, 0.3) is 0 Å². The molecule has 0 unspecified atom stereocenters. The summed E-state index contributed by atoms with van der Waals surface area (Å²) in [6.45, 7) is 2.64. The summed E-state index contributed by atoms with van der Waals surface area (Å²) in [5.41, 5.74) is -1.07. The fourth-order valence-corrected chi connectivity index (χ4v) is 2.56. The molecule has 26 heavy (non-hydrogen) atoms. The Morgan fingerprint density at radius 2 is 1.92 bits per heavy atom. The number of ether oxygens (including phenoxy) is 1. The summed E-state index contributed by atoms with van der Waals surface area (Å²) in [4.78, 5) is 40.3. The van der Waals surface area contributed by atoms with Gasteiger partial charge in [-0.25, -0.2) is 4.39 Å². The zero-order chi connectivity index (χ0) is 19.1. The highest BCUT2D eigenvalue weighted by Crippen LogP contribution is 2.37. The molecule has 1 aliphatic rings. The highest BCUT2D eigenvalue weighted by Gasteiger charge is 2.45. The molecule has 0 spiro atoms. The molecular formula is C17H14FN3O5. The number of Topliss-reactive ketones (excluding diaryl/α,β-unsaturated/α-hetero) is 1. The smallest absolute Gasteiger partial charge is 0.366 e. The number of aromatic nitrogens is 1. The minimum absolute atomic E-state index is 0.0982. The van der Waals surface area contributed by atoms with E-state index in [0.29, 0.717) is 0 Å². The Bertz CT molecular complexity index is 911. The molecule has 0 N–H and O–H groups in total. The highest BCUT2D eigenvalue weighted by atomic mass is 19.1. The van der Waals surface area contributed by atoms with Crippen LogP contribution in [0.15, 0.2) is 36.4 Å².